The van der Waals surface area contributed by atoms with Gasteiger partial charge in [0.2, 0.25) is 0 Å². The summed E-state index contributed by atoms with van der Waals surface area (Å²) in [4.78, 5) is 4.15. The SMILES string of the molecule is Cn1ccc(CCn2c(CCl)nc3c(F)cc(F)cc32)n1. The van der Waals surface area contributed by atoms with E-state index in [4.69, 9.17) is 11.6 Å². The van der Waals surface area contributed by atoms with Crippen LogP contribution in [-0.2, 0) is 25.9 Å². The van der Waals surface area contributed by atoms with Gasteiger partial charge in [0.25, 0.3) is 0 Å². The highest BCUT2D eigenvalue weighted by atomic mass is 35.5. The number of rotatable bonds is 4. The number of halogens is 3. The molecule has 7 heteroatoms. The van der Waals surface area contributed by atoms with Gasteiger partial charge in [-0.15, -0.1) is 11.6 Å². The molecule has 0 atom stereocenters. The standard InChI is InChI=1S/C14H13ClF2N4/c1-20-4-2-10(19-20)3-5-21-12-7-9(16)6-11(17)14(12)18-13(21)8-15/h2,4,6-7H,3,5,8H2,1H3. The minimum atomic E-state index is -0.673. The van der Waals surface area contributed by atoms with Crippen LogP contribution in [0, 0.1) is 11.6 Å². The number of benzene rings is 1. The Kier molecular flexibility index (Phi) is 3.63. The monoisotopic (exact) mass is 310 g/mol. The second kappa shape index (κ2) is 5.44. The van der Waals surface area contributed by atoms with E-state index in [2.05, 4.69) is 10.1 Å². The molecule has 0 unspecified atom stereocenters. The molecule has 110 valence electrons. The van der Waals surface area contributed by atoms with Gasteiger partial charge in [0, 0.05) is 32.3 Å². The Labute approximate surface area is 125 Å². The van der Waals surface area contributed by atoms with Gasteiger partial charge >= 0.3 is 0 Å². The fraction of sp³-hybridized carbons (Fsp3) is 0.286. The number of fused-ring (bicyclic) bond motifs is 1. The lowest BCUT2D eigenvalue weighted by Gasteiger charge is -2.06. The van der Waals surface area contributed by atoms with Crippen LogP contribution < -0.4 is 0 Å². The van der Waals surface area contributed by atoms with E-state index in [0.717, 1.165) is 11.8 Å². The number of hydrogen-bond acceptors (Lipinski definition) is 2. The van der Waals surface area contributed by atoms with E-state index in [-0.39, 0.29) is 11.4 Å². The van der Waals surface area contributed by atoms with Crippen LogP contribution in [0.5, 0.6) is 0 Å². The van der Waals surface area contributed by atoms with Gasteiger partial charge in [-0.2, -0.15) is 5.10 Å². The Hall–Kier alpha value is -1.95. The number of imidazole rings is 1. The van der Waals surface area contributed by atoms with E-state index in [1.165, 1.54) is 6.07 Å². The average molecular weight is 311 g/mol. The van der Waals surface area contributed by atoms with Gasteiger partial charge in [-0.25, -0.2) is 13.8 Å². The lowest BCUT2D eigenvalue weighted by atomic mass is 10.2. The molecule has 1 aromatic carbocycles. The summed E-state index contributed by atoms with van der Waals surface area (Å²) in [7, 11) is 1.84. The quantitative estimate of drug-likeness (QED) is 0.694. The molecular formula is C14H13ClF2N4. The molecule has 3 rings (SSSR count). The van der Waals surface area contributed by atoms with E-state index in [1.54, 1.807) is 9.25 Å². The molecule has 0 spiro atoms. The topological polar surface area (TPSA) is 35.6 Å². The molecule has 0 aliphatic carbocycles. The highest BCUT2D eigenvalue weighted by Gasteiger charge is 2.15. The maximum Gasteiger partial charge on any atom is 0.153 e. The molecule has 3 aromatic rings. The van der Waals surface area contributed by atoms with Crippen molar-refractivity contribution in [2.75, 3.05) is 0 Å². The smallest absolute Gasteiger partial charge is 0.153 e. The summed E-state index contributed by atoms with van der Waals surface area (Å²) in [6, 6.07) is 4.01. The first-order valence-electron chi connectivity index (χ1n) is 6.47. The van der Waals surface area contributed by atoms with Gasteiger partial charge in [-0.3, -0.25) is 4.68 Å². The molecule has 0 saturated carbocycles. The predicted molar refractivity (Wildman–Crippen MR) is 76.1 cm³/mol. The minimum Gasteiger partial charge on any atom is -0.326 e. The number of hydrogen-bond donors (Lipinski definition) is 0. The zero-order valence-corrected chi connectivity index (χ0v) is 12.1. The Balaban J connectivity index is 1.99. The number of aryl methyl sites for hydroxylation is 3. The third-order valence-electron chi connectivity index (χ3n) is 3.33. The van der Waals surface area contributed by atoms with Crippen molar-refractivity contribution in [2.24, 2.45) is 7.05 Å². The molecule has 0 saturated heterocycles. The van der Waals surface area contributed by atoms with Crippen molar-refractivity contribution in [3.63, 3.8) is 0 Å². The van der Waals surface area contributed by atoms with Crippen LogP contribution in [0.2, 0.25) is 0 Å². The lowest BCUT2D eigenvalue weighted by Crippen LogP contribution is -2.06. The van der Waals surface area contributed by atoms with Crippen LogP contribution in [0.3, 0.4) is 0 Å². The summed E-state index contributed by atoms with van der Waals surface area (Å²) in [5.74, 6) is -0.641. The fourth-order valence-electron chi connectivity index (χ4n) is 2.37. The lowest BCUT2D eigenvalue weighted by molar-refractivity contribution is 0.589. The molecule has 0 amide bonds. The summed E-state index contributed by atoms with van der Waals surface area (Å²) in [5.41, 5.74) is 1.46. The third-order valence-corrected chi connectivity index (χ3v) is 3.57. The van der Waals surface area contributed by atoms with Crippen molar-refractivity contribution in [1.82, 2.24) is 19.3 Å². The van der Waals surface area contributed by atoms with Crippen LogP contribution in [0.25, 0.3) is 11.0 Å². The zero-order valence-electron chi connectivity index (χ0n) is 11.4. The highest BCUT2D eigenvalue weighted by Crippen LogP contribution is 2.22. The van der Waals surface area contributed by atoms with E-state index < -0.39 is 11.6 Å². The molecule has 0 N–H and O–H groups in total. The van der Waals surface area contributed by atoms with Crippen molar-refractivity contribution in [3.8, 4) is 0 Å². The van der Waals surface area contributed by atoms with Crippen LogP contribution >= 0.6 is 11.6 Å². The summed E-state index contributed by atoms with van der Waals surface area (Å²) in [6.07, 6.45) is 2.48. The number of nitrogens with zero attached hydrogens (tertiary/aromatic N) is 4. The highest BCUT2D eigenvalue weighted by molar-refractivity contribution is 6.16. The first-order valence-corrected chi connectivity index (χ1v) is 7.00. The maximum absolute atomic E-state index is 13.8. The first-order chi connectivity index (χ1) is 10.1. The van der Waals surface area contributed by atoms with Crippen LogP contribution in [0.1, 0.15) is 11.5 Å². The van der Waals surface area contributed by atoms with Crippen LogP contribution in [0.15, 0.2) is 24.4 Å². The Bertz CT molecular complexity index is 794. The first kappa shape index (κ1) is 14.0. The van der Waals surface area contributed by atoms with Crippen molar-refractivity contribution in [1.29, 1.82) is 0 Å². The maximum atomic E-state index is 13.8. The Morgan fingerprint density at radius 1 is 1.29 bits per heavy atom. The number of alkyl halides is 1. The second-order valence-corrected chi connectivity index (χ2v) is 5.07. The fourth-order valence-corrected chi connectivity index (χ4v) is 2.58. The molecule has 0 aliphatic rings. The number of aromatic nitrogens is 4. The van der Waals surface area contributed by atoms with Gasteiger partial charge in [0.15, 0.2) is 5.82 Å². The van der Waals surface area contributed by atoms with Crippen LogP contribution in [-0.4, -0.2) is 19.3 Å². The van der Waals surface area contributed by atoms with E-state index in [9.17, 15) is 8.78 Å². The van der Waals surface area contributed by atoms with Gasteiger partial charge in [0.05, 0.1) is 17.1 Å². The van der Waals surface area contributed by atoms with Crippen molar-refractivity contribution < 1.29 is 8.78 Å². The average Bonchev–Trinajstić information content (AvgIpc) is 3.00. The largest absolute Gasteiger partial charge is 0.326 e. The summed E-state index contributed by atoms with van der Waals surface area (Å²) in [6.45, 7) is 0.512. The summed E-state index contributed by atoms with van der Waals surface area (Å²) in [5, 5.41) is 4.28. The van der Waals surface area contributed by atoms with Gasteiger partial charge in [-0.05, 0) is 12.1 Å². The summed E-state index contributed by atoms with van der Waals surface area (Å²) < 4.78 is 30.6. The Morgan fingerprint density at radius 2 is 2.10 bits per heavy atom. The summed E-state index contributed by atoms with van der Waals surface area (Å²) >= 11 is 5.86. The molecule has 0 fully saturated rings. The molecule has 0 aliphatic heterocycles. The molecule has 2 heterocycles. The molecule has 4 nitrogen and oxygen atoms in total. The zero-order chi connectivity index (χ0) is 15.0. The molecule has 0 bridgehead atoms. The van der Waals surface area contributed by atoms with E-state index in [0.29, 0.717) is 24.3 Å². The molecular weight excluding hydrogens is 298 g/mol. The van der Waals surface area contributed by atoms with Gasteiger partial charge in [0.1, 0.15) is 17.2 Å². The Morgan fingerprint density at radius 3 is 2.76 bits per heavy atom. The normalized spacial score (nSPS) is 11.4. The van der Waals surface area contributed by atoms with Crippen LogP contribution in [0.4, 0.5) is 8.78 Å². The van der Waals surface area contributed by atoms with Gasteiger partial charge < -0.3 is 4.57 Å². The third kappa shape index (κ3) is 2.63. The van der Waals surface area contributed by atoms with Crippen molar-refractivity contribution in [2.45, 2.75) is 18.8 Å². The molecule has 0 radical (unpaired) electrons. The van der Waals surface area contributed by atoms with Crippen molar-refractivity contribution in [3.05, 3.63) is 47.5 Å². The van der Waals surface area contributed by atoms with Gasteiger partial charge in [-0.1, -0.05) is 0 Å². The van der Waals surface area contributed by atoms with E-state index >= 15 is 0 Å². The van der Waals surface area contributed by atoms with E-state index in [1.807, 2.05) is 19.3 Å². The predicted octanol–water partition coefficient (Wildman–Crippen LogP) is 3.03. The second-order valence-electron chi connectivity index (χ2n) is 4.80. The minimum absolute atomic E-state index is 0.137. The molecule has 21 heavy (non-hydrogen) atoms. The van der Waals surface area contributed by atoms with Crippen molar-refractivity contribution >= 4 is 22.6 Å². The molecule has 2 aromatic heterocycles.